The molecular weight excluding hydrogens is 298 g/mol. The third-order valence-electron chi connectivity index (χ3n) is 3.31. The van der Waals surface area contributed by atoms with E-state index in [1.807, 2.05) is 6.92 Å². The molecule has 0 saturated heterocycles. The fourth-order valence-corrected chi connectivity index (χ4v) is 2.09. The van der Waals surface area contributed by atoms with Gasteiger partial charge in [0.2, 0.25) is 11.8 Å². The van der Waals surface area contributed by atoms with Crippen LogP contribution < -0.4 is 20.5 Å². The maximum Gasteiger partial charge on any atom is 0.243 e. The van der Waals surface area contributed by atoms with E-state index in [0.717, 1.165) is 6.42 Å². The van der Waals surface area contributed by atoms with Gasteiger partial charge in [0, 0.05) is 30.9 Å². The van der Waals surface area contributed by atoms with Crippen molar-refractivity contribution in [1.29, 1.82) is 0 Å². The molecule has 0 radical (unpaired) electrons. The van der Waals surface area contributed by atoms with Crippen molar-refractivity contribution in [3.63, 3.8) is 0 Å². The monoisotopic (exact) mass is 323 g/mol. The number of carbonyl (C=O) groups is 2. The molecule has 0 aliphatic rings. The van der Waals surface area contributed by atoms with E-state index in [1.54, 1.807) is 25.2 Å². The van der Waals surface area contributed by atoms with Gasteiger partial charge in [-0.1, -0.05) is 13.3 Å². The summed E-state index contributed by atoms with van der Waals surface area (Å²) in [6, 6.07) is 4.47. The van der Waals surface area contributed by atoms with Crippen molar-refractivity contribution in [2.45, 2.75) is 25.8 Å². The lowest BCUT2D eigenvalue weighted by Crippen LogP contribution is -2.44. The molecule has 1 rings (SSSR count). The molecule has 23 heavy (non-hydrogen) atoms. The first kappa shape index (κ1) is 18.8. The number of anilines is 1. The zero-order valence-electron chi connectivity index (χ0n) is 14.1. The Labute approximate surface area is 136 Å². The second kappa shape index (κ2) is 8.99. The third-order valence-corrected chi connectivity index (χ3v) is 3.31. The van der Waals surface area contributed by atoms with Crippen molar-refractivity contribution in [1.82, 2.24) is 4.90 Å². The van der Waals surface area contributed by atoms with Gasteiger partial charge >= 0.3 is 0 Å². The molecule has 0 bridgehead atoms. The van der Waals surface area contributed by atoms with Crippen LogP contribution in [0.3, 0.4) is 0 Å². The molecule has 3 N–H and O–H groups in total. The first-order valence-corrected chi connectivity index (χ1v) is 7.44. The van der Waals surface area contributed by atoms with Crippen molar-refractivity contribution in [3.8, 4) is 11.5 Å². The van der Waals surface area contributed by atoms with Gasteiger partial charge < -0.3 is 25.4 Å². The highest BCUT2D eigenvalue weighted by atomic mass is 16.5. The maximum atomic E-state index is 12.1. The fourth-order valence-electron chi connectivity index (χ4n) is 2.09. The Morgan fingerprint density at radius 3 is 2.26 bits per heavy atom. The van der Waals surface area contributed by atoms with Crippen molar-refractivity contribution in [2.75, 3.05) is 33.1 Å². The largest absolute Gasteiger partial charge is 0.497 e. The Kier molecular flexibility index (Phi) is 7.34. The van der Waals surface area contributed by atoms with Crippen LogP contribution >= 0.6 is 0 Å². The molecule has 128 valence electrons. The van der Waals surface area contributed by atoms with Crippen LogP contribution in [0.1, 0.15) is 19.8 Å². The zero-order chi connectivity index (χ0) is 17.4. The molecule has 1 aromatic carbocycles. The molecule has 1 atom stereocenters. The van der Waals surface area contributed by atoms with Crippen LogP contribution in [-0.4, -0.2) is 50.6 Å². The van der Waals surface area contributed by atoms with Crippen molar-refractivity contribution in [3.05, 3.63) is 18.2 Å². The van der Waals surface area contributed by atoms with E-state index < -0.39 is 6.04 Å². The van der Waals surface area contributed by atoms with Gasteiger partial charge in [-0.25, -0.2) is 0 Å². The highest BCUT2D eigenvalue weighted by molar-refractivity contribution is 5.95. The molecule has 0 aliphatic heterocycles. The molecule has 7 heteroatoms. The minimum absolute atomic E-state index is 0.0736. The Hall–Kier alpha value is -2.28. The van der Waals surface area contributed by atoms with Crippen LogP contribution in [0.5, 0.6) is 11.5 Å². The molecule has 0 fully saturated rings. The second-order valence-corrected chi connectivity index (χ2v) is 5.24. The van der Waals surface area contributed by atoms with Gasteiger partial charge in [-0.3, -0.25) is 9.59 Å². The number of hydrogen-bond donors (Lipinski definition) is 2. The van der Waals surface area contributed by atoms with Crippen LogP contribution in [-0.2, 0) is 9.59 Å². The number of nitrogens with one attached hydrogen (secondary N) is 1. The predicted molar refractivity (Wildman–Crippen MR) is 88.7 cm³/mol. The number of amides is 2. The van der Waals surface area contributed by atoms with Gasteiger partial charge in [0.15, 0.2) is 0 Å². The molecule has 1 unspecified atom stereocenters. The molecule has 0 aromatic heterocycles. The highest BCUT2D eigenvalue weighted by Crippen LogP contribution is 2.25. The number of ether oxygens (including phenoxy) is 2. The van der Waals surface area contributed by atoms with E-state index in [1.165, 1.54) is 19.1 Å². The van der Waals surface area contributed by atoms with Gasteiger partial charge in [0.25, 0.3) is 0 Å². The van der Waals surface area contributed by atoms with Gasteiger partial charge in [0.05, 0.1) is 26.8 Å². The van der Waals surface area contributed by atoms with E-state index in [2.05, 4.69) is 5.32 Å². The normalized spacial score (nSPS) is 11.5. The van der Waals surface area contributed by atoms with Crippen LogP contribution in [0.4, 0.5) is 5.69 Å². The SMILES string of the molecule is CCCC(N)C(=O)N(C)CC(=O)Nc1cc(OC)cc(OC)c1. The topological polar surface area (TPSA) is 93.9 Å². The van der Waals surface area contributed by atoms with Crippen LogP contribution in [0, 0.1) is 0 Å². The summed E-state index contributed by atoms with van der Waals surface area (Å²) in [5.41, 5.74) is 6.31. The number of nitrogens with zero attached hydrogens (tertiary/aromatic N) is 1. The number of benzene rings is 1. The summed E-state index contributed by atoms with van der Waals surface area (Å²) >= 11 is 0. The fraction of sp³-hybridized carbons (Fsp3) is 0.500. The van der Waals surface area contributed by atoms with Crippen LogP contribution in [0.2, 0.25) is 0 Å². The van der Waals surface area contributed by atoms with Crippen molar-refractivity contribution < 1.29 is 19.1 Å². The average Bonchev–Trinajstić information content (AvgIpc) is 2.53. The molecule has 0 aliphatic carbocycles. The van der Waals surface area contributed by atoms with Crippen LogP contribution in [0.15, 0.2) is 18.2 Å². The number of carbonyl (C=O) groups excluding carboxylic acids is 2. The molecule has 7 nitrogen and oxygen atoms in total. The van der Waals surface area contributed by atoms with E-state index in [0.29, 0.717) is 23.6 Å². The lowest BCUT2D eigenvalue weighted by molar-refractivity contribution is -0.134. The van der Waals surface area contributed by atoms with Gasteiger partial charge in [-0.05, 0) is 6.42 Å². The Balaban J connectivity index is 2.67. The molecule has 1 aromatic rings. The Morgan fingerprint density at radius 2 is 1.78 bits per heavy atom. The summed E-state index contributed by atoms with van der Waals surface area (Å²) < 4.78 is 10.3. The van der Waals surface area contributed by atoms with E-state index >= 15 is 0 Å². The first-order chi connectivity index (χ1) is 10.9. The third kappa shape index (κ3) is 5.78. The molecule has 0 spiro atoms. The molecular formula is C16H25N3O4. The Morgan fingerprint density at radius 1 is 1.22 bits per heavy atom. The number of methoxy groups -OCH3 is 2. The molecule has 2 amide bonds. The van der Waals surface area contributed by atoms with Gasteiger partial charge in [-0.2, -0.15) is 0 Å². The highest BCUT2D eigenvalue weighted by Gasteiger charge is 2.19. The van der Waals surface area contributed by atoms with E-state index in [-0.39, 0.29) is 18.4 Å². The Bertz CT molecular complexity index is 526. The average molecular weight is 323 g/mol. The second-order valence-electron chi connectivity index (χ2n) is 5.24. The number of nitrogens with two attached hydrogens (primary N) is 1. The van der Waals surface area contributed by atoms with Gasteiger partial charge in [0.1, 0.15) is 11.5 Å². The summed E-state index contributed by atoms with van der Waals surface area (Å²) in [4.78, 5) is 25.4. The number of hydrogen-bond acceptors (Lipinski definition) is 5. The minimum Gasteiger partial charge on any atom is -0.497 e. The molecule has 0 heterocycles. The van der Waals surface area contributed by atoms with Gasteiger partial charge in [-0.15, -0.1) is 0 Å². The van der Waals surface area contributed by atoms with E-state index in [9.17, 15) is 9.59 Å². The van der Waals surface area contributed by atoms with Crippen LogP contribution in [0.25, 0.3) is 0 Å². The van der Waals surface area contributed by atoms with Crippen molar-refractivity contribution in [2.24, 2.45) is 5.73 Å². The summed E-state index contributed by atoms with van der Waals surface area (Å²) in [5, 5.41) is 2.71. The van der Waals surface area contributed by atoms with E-state index in [4.69, 9.17) is 15.2 Å². The summed E-state index contributed by atoms with van der Waals surface area (Å²) in [6.45, 7) is 1.88. The first-order valence-electron chi connectivity index (χ1n) is 7.44. The number of rotatable bonds is 8. The summed E-state index contributed by atoms with van der Waals surface area (Å²) in [6.07, 6.45) is 1.41. The molecule has 0 saturated carbocycles. The number of likely N-dealkylation sites (N-methyl/N-ethyl adjacent to an activating group) is 1. The lowest BCUT2D eigenvalue weighted by Gasteiger charge is -2.20. The summed E-state index contributed by atoms with van der Waals surface area (Å²) in [5.74, 6) is 0.563. The lowest BCUT2D eigenvalue weighted by atomic mass is 10.1. The van der Waals surface area contributed by atoms with Crippen molar-refractivity contribution >= 4 is 17.5 Å². The smallest absolute Gasteiger partial charge is 0.243 e. The maximum absolute atomic E-state index is 12.1. The predicted octanol–water partition coefficient (Wildman–Crippen LogP) is 1.23. The minimum atomic E-state index is -0.574. The zero-order valence-corrected chi connectivity index (χ0v) is 14.1. The summed E-state index contributed by atoms with van der Waals surface area (Å²) in [7, 11) is 4.62. The standard InChI is InChI=1S/C16H25N3O4/c1-5-6-14(17)16(21)19(2)10-15(20)18-11-7-12(22-3)9-13(8-11)23-4/h7-9,14H,5-6,10,17H2,1-4H3,(H,18,20). The quantitative estimate of drug-likeness (QED) is 0.750.